The van der Waals surface area contributed by atoms with Crippen molar-refractivity contribution in [3.8, 4) is 0 Å². The lowest BCUT2D eigenvalue weighted by atomic mass is 10.1. The van der Waals surface area contributed by atoms with Crippen molar-refractivity contribution >= 4 is 23.1 Å². The molecule has 1 aliphatic heterocycles. The van der Waals surface area contributed by atoms with Crippen LogP contribution in [0.1, 0.15) is 19.8 Å². The van der Waals surface area contributed by atoms with Crippen LogP contribution in [0, 0.1) is 5.92 Å². The van der Waals surface area contributed by atoms with Crippen LogP contribution in [0.25, 0.3) is 0 Å². The number of carbonyl (C=O) groups is 1. The number of nitrogens with two attached hydrogens (primary N) is 1. The highest BCUT2D eigenvalue weighted by Crippen LogP contribution is 2.10. The maximum atomic E-state index is 11.4. The lowest BCUT2D eigenvalue weighted by Gasteiger charge is -2.13. The van der Waals surface area contributed by atoms with E-state index in [0.717, 1.165) is 19.4 Å². The molecular weight excluding hydrogens is 200 g/mol. The molecule has 1 saturated heterocycles. The first-order valence-electron chi connectivity index (χ1n) is 4.80. The lowest BCUT2D eigenvalue weighted by molar-refractivity contribution is -0.123. The Bertz CT molecular complexity index is 227. The summed E-state index contributed by atoms with van der Waals surface area (Å²) in [5, 5.41) is 2.77. The third kappa shape index (κ3) is 3.23. The quantitative estimate of drug-likeness (QED) is 0.659. The Labute approximate surface area is 89.2 Å². The molecule has 0 aromatic rings. The Kier molecular flexibility index (Phi) is 4.28. The Hall–Kier alpha value is -0.680. The Morgan fingerprint density at radius 2 is 2.50 bits per heavy atom. The summed E-state index contributed by atoms with van der Waals surface area (Å²) in [6.07, 6.45) is 2.25. The fraction of sp³-hybridized carbons (Fsp3) is 0.778. The normalized spacial score (nSPS) is 23.1. The molecule has 3 N–H and O–H groups in total. The average molecular weight is 216 g/mol. The van der Waals surface area contributed by atoms with Gasteiger partial charge in [0, 0.05) is 13.2 Å². The van der Waals surface area contributed by atoms with E-state index in [4.69, 9.17) is 22.7 Å². The van der Waals surface area contributed by atoms with Crippen LogP contribution < -0.4 is 11.1 Å². The molecule has 5 heteroatoms. The van der Waals surface area contributed by atoms with E-state index in [0.29, 0.717) is 6.54 Å². The standard InChI is InChI=1S/C9H16N2O2S/c1-6(8(10)14)9(12)11-5-7-3-2-4-13-7/h6-7H,2-5H2,1H3,(H2,10,14)(H,11,12). The molecule has 14 heavy (non-hydrogen) atoms. The predicted octanol–water partition coefficient (Wildman–Crippen LogP) is 0.204. The maximum absolute atomic E-state index is 11.4. The molecule has 0 aromatic heterocycles. The summed E-state index contributed by atoms with van der Waals surface area (Å²) < 4.78 is 5.36. The van der Waals surface area contributed by atoms with Crippen molar-refractivity contribution in [3.05, 3.63) is 0 Å². The van der Waals surface area contributed by atoms with E-state index >= 15 is 0 Å². The van der Waals surface area contributed by atoms with Gasteiger partial charge in [-0.3, -0.25) is 4.79 Å². The zero-order chi connectivity index (χ0) is 10.6. The summed E-state index contributed by atoms with van der Waals surface area (Å²) in [6.45, 7) is 3.06. The highest BCUT2D eigenvalue weighted by Gasteiger charge is 2.19. The van der Waals surface area contributed by atoms with Crippen LogP contribution in [0.15, 0.2) is 0 Å². The van der Waals surface area contributed by atoms with Gasteiger partial charge in [0.25, 0.3) is 0 Å². The molecule has 4 nitrogen and oxygen atoms in total. The molecule has 1 amide bonds. The second-order valence-corrected chi connectivity index (χ2v) is 3.98. The minimum atomic E-state index is -0.397. The summed E-state index contributed by atoms with van der Waals surface area (Å²) in [4.78, 5) is 11.6. The van der Waals surface area contributed by atoms with Crippen LogP contribution >= 0.6 is 12.2 Å². The third-order valence-electron chi connectivity index (χ3n) is 2.35. The van der Waals surface area contributed by atoms with Gasteiger partial charge in [-0.2, -0.15) is 0 Å². The van der Waals surface area contributed by atoms with E-state index in [-0.39, 0.29) is 17.0 Å². The molecule has 0 radical (unpaired) electrons. The number of carbonyl (C=O) groups excluding carboxylic acids is 1. The topological polar surface area (TPSA) is 64.3 Å². The van der Waals surface area contributed by atoms with E-state index < -0.39 is 5.92 Å². The fourth-order valence-corrected chi connectivity index (χ4v) is 1.41. The van der Waals surface area contributed by atoms with Crippen LogP contribution in [0.4, 0.5) is 0 Å². The number of rotatable bonds is 4. The number of hydrogen-bond acceptors (Lipinski definition) is 3. The summed E-state index contributed by atoms with van der Waals surface area (Å²) in [5.41, 5.74) is 5.36. The fourth-order valence-electron chi connectivity index (χ4n) is 1.30. The van der Waals surface area contributed by atoms with Crippen molar-refractivity contribution in [2.45, 2.75) is 25.9 Å². The molecule has 2 atom stereocenters. The zero-order valence-electron chi connectivity index (χ0n) is 8.29. The molecule has 1 aliphatic rings. The van der Waals surface area contributed by atoms with Crippen molar-refractivity contribution < 1.29 is 9.53 Å². The maximum Gasteiger partial charge on any atom is 0.229 e. The van der Waals surface area contributed by atoms with Gasteiger partial charge in [-0.05, 0) is 19.8 Å². The highest BCUT2D eigenvalue weighted by molar-refractivity contribution is 7.80. The summed E-state index contributed by atoms with van der Waals surface area (Å²) in [5.74, 6) is -0.514. The van der Waals surface area contributed by atoms with Gasteiger partial charge in [-0.15, -0.1) is 0 Å². The lowest BCUT2D eigenvalue weighted by Crippen LogP contribution is -2.39. The first-order chi connectivity index (χ1) is 6.61. The summed E-state index contributed by atoms with van der Waals surface area (Å²) in [7, 11) is 0. The van der Waals surface area contributed by atoms with Crippen molar-refractivity contribution in [2.75, 3.05) is 13.2 Å². The number of thiocarbonyl (C=S) groups is 1. The second-order valence-electron chi connectivity index (χ2n) is 3.50. The number of ether oxygens (including phenoxy) is 1. The van der Waals surface area contributed by atoms with Gasteiger partial charge in [0.15, 0.2) is 0 Å². The van der Waals surface area contributed by atoms with Gasteiger partial charge < -0.3 is 15.8 Å². The van der Waals surface area contributed by atoms with E-state index in [1.54, 1.807) is 6.92 Å². The van der Waals surface area contributed by atoms with Crippen LogP contribution in [-0.2, 0) is 9.53 Å². The summed E-state index contributed by atoms with van der Waals surface area (Å²) >= 11 is 4.73. The SMILES string of the molecule is CC(C(=O)NCC1CCCO1)C(N)=S. The number of nitrogens with one attached hydrogen (secondary N) is 1. The Morgan fingerprint density at radius 1 is 1.79 bits per heavy atom. The first-order valence-corrected chi connectivity index (χ1v) is 5.20. The van der Waals surface area contributed by atoms with Crippen molar-refractivity contribution in [1.29, 1.82) is 0 Å². The first kappa shape index (κ1) is 11.4. The van der Waals surface area contributed by atoms with E-state index in [1.165, 1.54) is 0 Å². The molecule has 0 saturated carbocycles. The van der Waals surface area contributed by atoms with Crippen LogP contribution in [-0.4, -0.2) is 30.2 Å². The zero-order valence-corrected chi connectivity index (χ0v) is 9.10. The van der Waals surface area contributed by atoms with Crippen LogP contribution in [0.2, 0.25) is 0 Å². The molecule has 1 rings (SSSR count). The van der Waals surface area contributed by atoms with Gasteiger partial charge in [0.05, 0.1) is 17.0 Å². The average Bonchev–Trinajstić information content (AvgIpc) is 2.65. The molecular formula is C9H16N2O2S. The van der Waals surface area contributed by atoms with Crippen molar-refractivity contribution in [1.82, 2.24) is 5.32 Å². The minimum Gasteiger partial charge on any atom is -0.393 e. The predicted molar refractivity (Wildman–Crippen MR) is 57.9 cm³/mol. The van der Waals surface area contributed by atoms with Crippen LogP contribution in [0.5, 0.6) is 0 Å². The molecule has 0 aliphatic carbocycles. The summed E-state index contributed by atoms with van der Waals surface area (Å²) in [6, 6.07) is 0. The smallest absolute Gasteiger partial charge is 0.229 e. The van der Waals surface area contributed by atoms with Gasteiger partial charge >= 0.3 is 0 Å². The van der Waals surface area contributed by atoms with Gasteiger partial charge in [-0.25, -0.2) is 0 Å². The number of hydrogen-bond donors (Lipinski definition) is 2. The Morgan fingerprint density at radius 3 is 3.00 bits per heavy atom. The van der Waals surface area contributed by atoms with Crippen LogP contribution in [0.3, 0.4) is 0 Å². The Balaban J connectivity index is 2.23. The molecule has 0 spiro atoms. The molecule has 0 aromatic carbocycles. The van der Waals surface area contributed by atoms with E-state index in [1.807, 2.05) is 0 Å². The van der Waals surface area contributed by atoms with Crippen molar-refractivity contribution in [3.63, 3.8) is 0 Å². The van der Waals surface area contributed by atoms with Crippen molar-refractivity contribution in [2.24, 2.45) is 11.7 Å². The molecule has 2 unspecified atom stereocenters. The van der Waals surface area contributed by atoms with E-state index in [2.05, 4.69) is 5.32 Å². The van der Waals surface area contributed by atoms with Gasteiger partial charge in [0.2, 0.25) is 5.91 Å². The minimum absolute atomic E-state index is 0.118. The third-order valence-corrected chi connectivity index (χ3v) is 2.70. The molecule has 1 heterocycles. The van der Waals surface area contributed by atoms with Gasteiger partial charge in [-0.1, -0.05) is 12.2 Å². The largest absolute Gasteiger partial charge is 0.393 e. The monoisotopic (exact) mass is 216 g/mol. The number of amides is 1. The second kappa shape index (κ2) is 5.26. The molecule has 80 valence electrons. The van der Waals surface area contributed by atoms with E-state index in [9.17, 15) is 4.79 Å². The van der Waals surface area contributed by atoms with Gasteiger partial charge in [0.1, 0.15) is 0 Å². The molecule has 1 fully saturated rings. The highest BCUT2D eigenvalue weighted by atomic mass is 32.1. The molecule has 0 bridgehead atoms.